The van der Waals surface area contributed by atoms with Crippen LogP contribution in [0.25, 0.3) is 0 Å². The molecule has 2 rings (SSSR count). The Morgan fingerprint density at radius 3 is 2.79 bits per heavy atom. The predicted molar refractivity (Wildman–Crippen MR) is 74.3 cm³/mol. The van der Waals surface area contributed by atoms with Crippen LogP contribution in [0.4, 0.5) is 0 Å². The van der Waals surface area contributed by atoms with Gasteiger partial charge in [-0.25, -0.2) is 0 Å². The van der Waals surface area contributed by atoms with Crippen LogP contribution < -0.4 is 5.73 Å². The summed E-state index contributed by atoms with van der Waals surface area (Å²) in [6.45, 7) is 6.15. The Balaban J connectivity index is 2.03. The number of carbonyl (C=O) groups is 1. The second-order valence-electron chi connectivity index (χ2n) is 6.27. The zero-order valence-corrected chi connectivity index (χ0v) is 12.1. The van der Waals surface area contributed by atoms with Crippen molar-refractivity contribution in [3.05, 3.63) is 18.0 Å². The van der Waals surface area contributed by atoms with Crippen LogP contribution in [0.3, 0.4) is 0 Å². The van der Waals surface area contributed by atoms with Gasteiger partial charge in [0.2, 0.25) is 5.91 Å². The van der Waals surface area contributed by atoms with Crippen molar-refractivity contribution in [2.75, 3.05) is 13.1 Å². The van der Waals surface area contributed by atoms with Crippen molar-refractivity contribution in [1.29, 1.82) is 0 Å². The third-order valence-electron chi connectivity index (χ3n) is 4.00. The van der Waals surface area contributed by atoms with Gasteiger partial charge in [-0.2, -0.15) is 5.10 Å². The van der Waals surface area contributed by atoms with Gasteiger partial charge in [0, 0.05) is 31.9 Å². The number of rotatable bonds is 2. The monoisotopic (exact) mass is 264 g/mol. The van der Waals surface area contributed by atoms with E-state index >= 15 is 0 Å². The minimum Gasteiger partial charge on any atom is -0.341 e. The van der Waals surface area contributed by atoms with Gasteiger partial charge in [-0.1, -0.05) is 13.8 Å². The van der Waals surface area contributed by atoms with E-state index in [1.54, 1.807) is 10.9 Å². The molecule has 0 bridgehead atoms. The molecule has 1 fully saturated rings. The second kappa shape index (κ2) is 5.33. The van der Waals surface area contributed by atoms with E-state index in [0.717, 1.165) is 31.5 Å². The third kappa shape index (κ3) is 3.35. The second-order valence-corrected chi connectivity index (χ2v) is 6.27. The predicted octanol–water partition coefficient (Wildman–Crippen LogP) is 1.46. The quantitative estimate of drug-likeness (QED) is 0.879. The van der Waals surface area contributed by atoms with Crippen molar-refractivity contribution in [3.8, 4) is 0 Å². The number of hydrogen-bond donors (Lipinski definition) is 1. The van der Waals surface area contributed by atoms with Gasteiger partial charge >= 0.3 is 0 Å². The lowest BCUT2D eigenvalue weighted by atomic mass is 9.85. The lowest BCUT2D eigenvalue weighted by Gasteiger charge is -2.25. The molecule has 106 valence electrons. The molecule has 1 aromatic heterocycles. The van der Waals surface area contributed by atoms with Crippen LogP contribution in [0.1, 0.15) is 44.7 Å². The molecule has 1 aromatic rings. The highest BCUT2D eigenvalue weighted by molar-refractivity contribution is 5.83. The lowest BCUT2D eigenvalue weighted by Crippen LogP contribution is -2.39. The number of amides is 1. The van der Waals surface area contributed by atoms with Crippen molar-refractivity contribution in [2.45, 2.75) is 39.2 Å². The first-order valence-electron chi connectivity index (χ1n) is 6.92. The first-order chi connectivity index (χ1) is 8.89. The lowest BCUT2D eigenvalue weighted by molar-refractivity contribution is -0.132. The minimum atomic E-state index is -0.588. The normalized spacial score (nSPS) is 20.9. The van der Waals surface area contributed by atoms with Crippen LogP contribution in [-0.4, -0.2) is 33.7 Å². The smallest absolute Gasteiger partial charge is 0.244 e. The average molecular weight is 264 g/mol. The maximum Gasteiger partial charge on any atom is 0.244 e. The van der Waals surface area contributed by atoms with E-state index in [0.29, 0.717) is 5.41 Å². The number of likely N-dealkylation sites (tertiary alicyclic amines) is 1. The molecule has 0 spiro atoms. The van der Waals surface area contributed by atoms with Crippen molar-refractivity contribution >= 4 is 5.91 Å². The summed E-state index contributed by atoms with van der Waals surface area (Å²) in [6, 6.07) is -0.588. The summed E-state index contributed by atoms with van der Waals surface area (Å²) in [7, 11) is 1.83. The fraction of sp³-hybridized carbons (Fsp3) is 0.714. The Morgan fingerprint density at radius 2 is 2.16 bits per heavy atom. The molecule has 2 N–H and O–H groups in total. The van der Waals surface area contributed by atoms with Crippen LogP contribution in [-0.2, 0) is 11.8 Å². The van der Waals surface area contributed by atoms with Crippen molar-refractivity contribution in [2.24, 2.45) is 18.2 Å². The molecule has 19 heavy (non-hydrogen) atoms. The maximum atomic E-state index is 12.4. The van der Waals surface area contributed by atoms with Crippen LogP contribution in [0, 0.1) is 5.41 Å². The summed E-state index contributed by atoms with van der Waals surface area (Å²) in [4.78, 5) is 14.3. The van der Waals surface area contributed by atoms with Gasteiger partial charge in [-0.05, 0) is 24.7 Å². The average Bonchev–Trinajstić information content (AvgIpc) is 2.69. The first-order valence-corrected chi connectivity index (χ1v) is 6.92. The van der Waals surface area contributed by atoms with Crippen LogP contribution >= 0.6 is 0 Å². The van der Waals surface area contributed by atoms with Crippen LogP contribution in [0.2, 0.25) is 0 Å². The molecular weight excluding hydrogens is 240 g/mol. The van der Waals surface area contributed by atoms with Gasteiger partial charge in [0.1, 0.15) is 6.04 Å². The third-order valence-corrected chi connectivity index (χ3v) is 4.00. The molecule has 5 nitrogen and oxygen atoms in total. The number of nitrogens with zero attached hydrogens (tertiary/aromatic N) is 3. The largest absolute Gasteiger partial charge is 0.341 e. The Labute approximate surface area is 114 Å². The Morgan fingerprint density at radius 1 is 1.42 bits per heavy atom. The molecule has 5 heteroatoms. The number of aromatic nitrogens is 2. The fourth-order valence-corrected chi connectivity index (χ4v) is 2.58. The van der Waals surface area contributed by atoms with E-state index in [9.17, 15) is 4.79 Å². The molecule has 0 aromatic carbocycles. The summed E-state index contributed by atoms with van der Waals surface area (Å²) < 4.78 is 1.67. The van der Waals surface area contributed by atoms with E-state index in [1.165, 1.54) is 6.42 Å². The highest BCUT2D eigenvalue weighted by Crippen LogP contribution is 2.30. The Kier molecular flexibility index (Phi) is 3.94. The minimum absolute atomic E-state index is 0.0192. The Hall–Kier alpha value is -1.36. The molecule has 1 atom stereocenters. The van der Waals surface area contributed by atoms with Gasteiger partial charge in [-0.3, -0.25) is 9.48 Å². The molecule has 0 radical (unpaired) electrons. The fourth-order valence-electron chi connectivity index (χ4n) is 2.58. The molecule has 0 aliphatic carbocycles. The van der Waals surface area contributed by atoms with E-state index in [-0.39, 0.29) is 5.91 Å². The zero-order chi connectivity index (χ0) is 14.0. The van der Waals surface area contributed by atoms with Crippen LogP contribution in [0.5, 0.6) is 0 Å². The number of hydrogen-bond acceptors (Lipinski definition) is 3. The van der Waals surface area contributed by atoms with Crippen LogP contribution in [0.15, 0.2) is 12.4 Å². The molecule has 1 unspecified atom stereocenters. The summed E-state index contributed by atoms with van der Waals surface area (Å²) in [5, 5.41) is 4.07. The first kappa shape index (κ1) is 14.1. The molecule has 2 heterocycles. The number of carbonyl (C=O) groups excluding carboxylic acids is 1. The molecule has 1 saturated heterocycles. The number of nitrogens with two attached hydrogens (primary N) is 1. The summed E-state index contributed by atoms with van der Waals surface area (Å²) in [6.07, 6.45) is 6.74. The van der Waals surface area contributed by atoms with Crippen molar-refractivity contribution in [3.63, 3.8) is 0 Å². The van der Waals surface area contributed by atoms with Gasteiger partial charge in [0.05, 0.1) is 6.20 Å². The van der Waals surface area contributed by atoms with E-state index in [1.807, 2.05) is 18.1 Å². The van der Waals surface area contributed by atoms with Crippen molar-refractivity contribution in [1.82, 2.24) is 14.7 Å². The zero-order valence-electron chi connectivity index (χ0n) is 12.1. The molecule has 1 aliphatic rings. The van der Waals surface area contributed by atoms with E-state index in [2.05, 4.69) is 18.9 Å². The summed E-state index contributed by atoms with van der Waals surface area (Å²) >= 11 is 0. The summed E-state index contributed by atoms with van der Waals surface area (Å²) in [5.74, 6) is 0.0192. The van der Waals surface area contributed by atoms with Gasteiger partial charge < -0.3 is 10.6 Å². The van der Waals surface area contributed by atoms with Gasteiger partial charge in [-0.15, -0.1) is 0 Å². The number of aryl methyl sites for hydroxylation is 1. The van der Waals surface area contributed by atoms with E-state index in [4.69, 9.17) is 5.73 Å². The SMILES string of the molecule is Cn1cc(C(N)C(=O)N2CCCC(C)(C)CC2)cn1. The van der Waals surface area contributed by atoms with Crippen molar-refractivity contribution < 1.29 is 4.79 Å². The van der Waals surface area contributed by atoms with Gasteiger partial charge in [0.25, 0.3) is 0 Å². The highest BCUT2D eigenvalue weighted by Gasteiger charge is 2.28. The molecule has 1 aliphatic heterocycles. The maximum absolute atomic E-state index is 12.4. The highest BCUT2D eigenvalue weighted by atomic mass is 16.2. The summed E-state index contributed by atoms with van der Waals surface area (Å²) in [5.41, 5.74) is 7.17. The molecule has 0 saturated carbocycles. The topological polar surface area (TPSA) is 64.2 Å². The standard InChI is InChI=1S/C14H24N4O/c1-14(2)5-4-7-18(8-6-14)13(19)12(15)11-9-16-17(3)10-11/h9-10,12H,4-8,15H2,1-3H3. The Bertz CT molecular complexity index is 452. The van der Waals surface area contributed by atoms with Gasteiger partial charge in [0.15, 0.2) is 0 Å². The molecular formula is C14H24N4O. The van der Waals surface area contributed by atoms with E-state index < -0.39 is 6.04 Å². The molecule has 1 amide bonds.